The number of benzene rings is 2. The van der Waals surface area contributed by atoms with Crippen molar-refractivity contribution in [1.82, 2.24) is 4.31 Å². The minimum atomic E-state index is -3.45. The Bertz CT molecular complexity index is 820. The summed E-state index contributed by atoms with van der Waals surface area (Å²) in [6.07, 6.45) is 1.74. The van der Waals surface area contributed by atoms with Crippen molar-refractivity contribution in [3.8, 4) is 11.5 Å². The first-order valence-electron chi connectivity index (χ1n) is 8.39. The number of amides is 1. The zero-order valence-corrected chi connectivity index (χ0v) is 16.0. The molecule has 0 aliphatic heterocycles. The van der Waals surface area contributed by atoms with E-state index in [0.717, 1.165) is 12.0 Å². The molecule has 1 atom stereocenters. The molecule has 2 aromatic carbocycles. The first-order chi connectivity index (χ1) is 12.3. The van der Waals surface area contributed by atoms with Gasteiger partial charge in [-0.15, -0.1) is 0 Å². The van der Waals surface area contributed by atoms with Gasteiger partial charge in [0.15, 0.2) is 0 Å². The molecular weight excluding hydrogens is 352 g/mol. The van der Waals surface area contributed by atoms with Crippen LogP contribution in [0.25, 0.3) is 0 Å². The summed E-state index contributed by atoms with van der Waals surface area (Å²) in [4.78, 5) is 12.2. The third-order valence-corrected chi connectivity index (χ3v) is 5.27. The van der Waals surface area contributed by atoms with Crippen molar-refractivity contribution in [3.05, 3.63) is 54.6 Å². The number of para-hydroxylation sites is 1. The Morgan fingerprint density at radius 2 is 1.65 bits per heavy atom. The number of nitrogens with zero attached hydrogens (tertiary/aromatic N) is 1. The summed E-state index contributed by atoms with van der Waals surface area (Å²) in [5, 5.41) is 2.71. The Morgan fingerprint density at radius 1 is 1.08 bits per heavy atom. The first-order valence-corrected chi connectivity index (χ1v) is 10.2. The van der Waals surface area contributed by atoms with Crippen molar-refractivity contribution < 1.29 is 17.9 Å². The monoisotopic (exact) mass is 376 g/mol. The van der Waals surface area contributed by atoms with E-state index in [4.69, 9.17) is 4.74 Å². The van der Waals surface area contributed by atoms with Crippen LogP contribution in [-0.2, 0) is 14.8 Å². The van der Waals surface area contributed by atoms with E-state index in [1.807, 2.05) is 37.3 Å². The van der Waals surface area contributed by atoms with E-state index in [1.54, 1.807) is 31.2 Å². The van der Waals surface area contributed by atoms with Crippen LogP contribution in [0.1, 0.15) is 20.3 Å². The molecule has 0 saturated carbocycles. The van der Waals surface area contributed by atoms with Crippen LogP contribution < -0.4 is 10.1 Å². The molecule has 140 valence electrons. The van der Waals surface area contributed by atoms with Gasteiger partial charge in [-0.1, -0.05) is 25.1 Å². The second-order valence-electron chi connectivity index (χ2n) is 6.05. The maximum absolute atomic E-state index is 12.2. The predicted octanol–water partition coefficient (Wildman–Crippen LogP) is 3.48. The smallest absolute Gasteiger partial charge is 0.239 e. The molecule has 0 aromatic heterocycles. The lowest BCUT2D eigenvalue weighted by Gasteiger charge is -2.25. The van der Waals surface area contributed by atoms with Gasteiger partial charge in [0.2, 0.25) is 15.9 Å². The number of sulfonamides is 1. The van der Waals surface area contributed by atoms with E-state index in [9.17, 15) is 13.2 Å². The van der Waals surface area contributed by atoms with Crippen LogP contribution in [0.3, 0.4) is 0 Å². The molecule has 1 N–H and O–H groups in total. The SMILES string of the molecule is CCC(C)N(CC(=O)Nc1ccc(Oc2ccccc2)cc1)S(C)(=O)=O. The van der Waals surface area contributed by atoms with Gasteiger partial charge < -0.3 is 10.1 Å². The van der Waals surface area contributed by atoms with Crippen LogP contribution in [0.4, 0.5) is 5.69 Å². The van der Waals surface area contributed by atoms with E-state index in [-0.39, 0.29) is 18.5 Å². The van der Waals surface area contributed by atoms with Crippen LogP contribution in [0.15, 0.2) is 54.6 Å². The van der Waals surface area contributed by atoms with Crippen LogP contribution >= 0.6 is 0 Å². The van der Waals surface area contributed by atoms with Gasteiger partial charge in [-0.05, 0) is 49.7 Å². The molecule has 0 saturated heterocycles. The van der Waals surface area contributed by atoms with Crippen molar-refractivity contribution in [3.63, 3.8) is 0 Å². The Hall–Kier alpha value is -2.38. The highest BCUT2D eigenvalue weighted by molar-refractivity contribution is 7.88. The van der Waals surface area contributed by atoms with Crippen molar-refractivity contribution in [2.75, 3.05) is 18.1 Å². The normalized spacial score (nSPS) is 12.6. The second kappa shape index (κ2) is 8.82. The number of carbonyl (C=O) groups excluding carboxylic acids is 1. The standard InChI is InChI=1S/C19H24N2O4S/c1-4-15(2)21(26(3,23)24)14-19(22)20-16-10-12-18(13-11-16)25-17-8-6-5-7-9-17/h5-13,15H,4,14H2,1-3H3,(H,20,22). The lowest BCUT2D eigenvalue weighted by molar-refractivity contribution is -0.116. The molecule has 6 nitrogen and oxygen atoms in total. The van der Waals surface area contributed by atoms with Gasteiger partial charge in [0.1, 0.15) is 11.5 Å². The summed E-state index contributed by atoms with van der Waals surface area (Å²) in [5.74, 6) is 0.987. The number of rotatable bonds is 8. The summed E-state index contributed by atoms with van der Waals surface area (Å²) in [7, 11) is -3.45. The topological polar surface area (TPSA) is 75.7 Å². The molecule has 7 heteroatoms. The molecule has 1 amide bonds. The number of hydrogen-bond donors (Lipinski definition) is 1. The Kier molecular flexibility index (Phi) is 6.76. The Balaban J connectivity index is 1.98. The van der Waals surface area contributed by atoms with Crippen molar-refractivity contribution in [2.45, 2.75) is 26.3 Å². The highest BCUT2D eigenvalue weighted by atomic mass is 32.2. The summed E-state index contributed by atoms with van der Waals surface area (Å²) >= 11 is 0. The highest BCUT2D eigenvalue weighted by Crippen LogP contribution is 2.22. The van der Waals surface area contributed by atoms with Gasteiger partial charge in [-0.25, -0.2) is 8.42 Å². The van der Waals surface area contributed by atoms with Crippen LogP contribution in [0.2, 0.25) is 0 Å². The zero-order valence-electron chi connectivity index (χ0n) is 15.2. The minimum absolute atomic E-state index is 0.212. The lowest BCUT2D eigenvalue weighted by Crippen LogP contribution is -2.42. The van der Waals surface area contributed by atoms with E-state index in [0.29, 0.717) is 17.9 Å². The van der Waals surface area contributed by atoms with Crippen molar-refractivity contribution in [2.24, 2.45) is 0 Å². The van der Waals surface area contributed by atoms with E-state index < -0.39 is 10.0 Å². The minimum Gasteiger partial charge on any atom is -0.457 e. The molecule has 0 aliphatic rings. The third kappa shape index (κ3) is 5.86. The summed E-state index contributed by atoms with van der Waals surface area (Å²) in [6.45, 7) is 3.45. The van der Waals surface area contributed by atoms with Gasteiger partial charge in [-0.2, -0.15) is 4.31 Å². The van der Waals surface area contributed by atoms with Gasteiger partial charge in [0.25, 0.3) is 0 Å². The van der Waals surface area contributed by atoms with Gasteiger partial charge >= 0.3 is 0 Å². The molecule has 2 aromatic rings. The van der Waals surface area contributed by atoms with Crippen LogP contribution in [0.5, 0.6) is 11.5 Å². The van der Waals surface area contributed by atoms with E-state index in [1.165, 1.54) is 4.31 Å². The molecule has 0 heterocycles. The lowest BCUT2D eigenvalue weighted by atomic mass is 10.2. The second-order valence-corrected chi connectivity index (χ2v) is 7.99. The average molecular weight is 376 g/mol. The molecule has 0 bridgehead atoms. The van der Waals surface area contributed by atoms with Crippen molar-refractivity contribution in [1.29, 1.82) is 0 Å². The molecule has 0 fully saturated rings. The molecule has 0 radical (unpaired) electrons. The summed E-state index contributed by atoms with van der Waals surface area (Å²) in [5.41, 5.74) is 0.577. The highest BCUT2D eigenvalue weighted by Gasteiger charge is 2.24. The molecular formula is C19H24N2O4S. The molecule has 26 heavy (non-hydrogen) atoms. The number of nitrogens with one attached hydrogen (secondary N) is 1. The Labute approximate surface area is 154 Å². The van der Waals surface area contributed by atoms with Crippen LogP contribution in [-0.4, -0.2) is 37.5 Å². The molecule has 0 spiro atoms. The quantitative estimate of drug-likeness (QED) is 0.765. The first kappa shape index (κ1) is 19.9. The Morgan fingerprint density at radius 3 is 2.19 bits per heavy atom. The van der Waals surface area contributed by atoms with Gasteiger partial charge in [0.05, 0.1) is 12.8 Å². The zero-order chi connectivity index (χ0) is 19.2. The van der Waals surface area contributed by atoms with Gasteiger partial charge in [0, 0.05) is 11.7 Å². The largest absolute Gasteiger partial charge is 0.457 e. The fraction of sp³-hybridized carbons (Fsp3) is 0.316. The molecule has 1 unspecified atom stereocenters. The number of ether oxygens (including phenoxy) is 1. The third-order valence-electron chi connectivity index (χ3n) is 3.92. The van der Waals surface area contributed by atoms with Gasteiger partial charge in [-0.3, -0.25) is 4.79 Å². The average Bonchev–Trinajstić information content (AvgIpc) is 2.61. The maximum atomic E-state index is 12.2. The van der Waals surface area contributed by atoms with E-state index >= 15 is 0 Å². The van der Waals surface area contributed by atoms with E-state index in [2.05, 4.69) is 5.32 Å². The number of hydrogen-bond acceptors (Lipinski definition) is 4. The van der Waals surface area contributed by atoms with Crippen LogP contribution in [0, 0.1) is 0 Å². The predicted molar refractivity (Wildman–Crippen MR) is 103 cm³/mol. The maximum Gasteiger partial charge on any atom is 0.239 e. The summed E-state index contributed by atoms with van der Waals surface area (Å²) < 4.78 is 30.6. The summed E-state index contributed by atoms with van der Waals surface area (Å²) in [6, 6.07) is 16.0. The number of carbonyl (C=O) groups is 1. The fourth-order valence-corrected chi connectivity index (χ4v) is 3.53. The number of anilines is 1. The molecule has 2 rings (SSSR count). The fourth-order valence-electron chi connectivity index (χ4n) is 2.38. The van der Waals surface area contributed by atoms with Crippen molar-refractivity contribution >= 4 is 21.6 Å². The molecule has 0 aliphatic carbocycles.